The first-order valence-electron chi connectivity index (χ1n) is 5.45. The van der Waals surface area contributed by atoms with Crippen LogP contribution in [-0.4, -0.2) is 26.0 Å². The van der Waals surface area contributed by atoms with Crippen molar-refractivity contribution in [3.8, 4) is 0 Å². The van der Waals surface area contributed by atoms with Crippen molar-refractivity contribution < 1.29 is 4.79 Å². The van der Waals surface area contributed by atoms with E-state index in [0.717, 1.165) is 18.5 Å². The molecule has 2 rings (SSSR count). The molecule has 0 unspecified atom stereocenters. The van der Waals surface area contributed by atoms with E-state index in [9.17, 15) is 4.79 Å². The van der Waals surface area contributed by atoms with E-state index in [1.54, 1.807) is 6.07 Å². The topological polar surface area (TPSA) is 58.4 Å². The van der Waals surface area contributed by atoms with E-state index in [0.29, 0.717) is 17.3 Å². The summed E-state index contributed by atoms with van der Waals surface area (Å²) in [6.07, 6.45) is 2.19. The monoisotopic (exact) mass is 255 g/mol. The van der Waals surface area contributed by atoms with Gasteiger partial charge in [0, 0.05) is 25.7 Å². The maximum atomic E-state index is 11.7. The molecule has 0 saturated heterocycles. The first-order chi connectivity index (χ1) is 7.58. The van der Waals surface area contributed by atoms with E-state index in [1.807, 2.05) is 31.1 Å². The third-order valence-corrected chi connectivity index (χ3v) is 2.68. The van der Waals surface area contributed by atoms with Gasteiger partial charge < -0.3 is 16.0 Å². The molecule has 0 radical (unpaired) electrons. The van der Waals surface area contributed by atoms with Crippen molar-refractivity contribution in [3.63, 3.8) is 0 Å². The summed E-state index contributed by atoms with van der Waals surface area (Å²) in [6.45, 7) is 0. The molecule has 1 saturated carbocycles. The fraction of sp³-hybridized carbons (Fsp3) is 0.417. The Morgan fingerprint density at radius 2 is 2.06 bits per heavy atom. The highest BCUT2D eigenvalue weighted by molar-refractivity contribution is 5.96. The second-order valence-electron chi connectivity index (χ2n) is 4.42. The number of nitrogens with zero attached hydrogens (tertiary/aromatic N) is 1. The van der Waals surface area contributed by atoms with Gasteiger partial charge in [0.1, 0.15) is 0 Å². The van der Waals surface area contributed by atoms with Crippen LogP contribution in [0.1, 0.15) is 23.2 Å². The highest BCUT2D eigenvalue weighted by atomic mass is 35.5. The molecule has 5 heteroatoms. The third kappa shape index (κ3) is 3.27. The van der Waals surface area contributed by atoms with Crippen LogP contribution in [0.4, 0.5) is 11.4 Å². The summed E-state index contributed by atoms with van der Waals surface area (Å²) in [6, 6.07) is 5.79. The lowest BCUT2D eigenvalue weighted by Gasteiger charge is -2.15. The maximum absolute atomic E-state index is 11.7. The van der Waals surface area contributed by atoms with Gasteiger partial charge in [-0.05, 0) is 31.0 Å². The van der Waals surface area contributed by atoms with Gasteiger partial charge in [0.25, 0.3) is 5.91 Å². The zero-order chi connectivity index (χ0) is 11.7. The number of rotatable bonds is 3. The quantitative estimate of drug-likeness (QED) is 0.808. The fourth-order valence-corrected chi connectivity index (χ4v) is 1.60. The Bertz CT molecular complexity index is 416. The van der Waals surface area contributed by atoms with Crippen molar-refractivity contribution in [2.24, 2.45) is 0 Å². The Balaban J connectivity index is 0.00000144. The highest BCUT2D eigenvalue weighted by Crippen LogP contribution is 2.23. The van der Waals surface area contributed by atoms with E-state index in [1.165, 1.54) is 0 Å². The smallest absolute Gasteiger partial charge is 0.251 e. The number of hydrogen-bond acceptors (Lipinski definition) is 3. The molecule has 1 aromatic carbocycles. The van der Waals surface area contributed by atoms with Crippen molar-refractivity contribution >= 4 is 29.7 Å². The van der Waals surface area contributed by atoms with E-state index in [2.05, 4.69) is 5.32 Å². The summed E-state index contributed by atoms with van der Waals surface area (Å²) in [5, 5.41) is 2.94. The lowest BCUT2D eigenvalue weighted by Crippen LogP contribution is -2.25. The van der Waals surface area contributed by atoms with E-state index in [4.69, 9.17) is 5.73 Å². The van der Waals surface area contributed by atoms with Crippen LogP contribution in [0.5, 0.6) is 0 Å². The maximum Gasteiger partial charge on any atom is 0.251 e. The van der Waals surface area contributed by atoms with Gasteiger partial charge in [0.2, 0.25) is 0 Å². The lowest BCUT2D eigenvalue weighted by molar-refractivity contribution is 0.0951. The standard InChI is InChI=1S/C12H17N3O.ClH/c1-15(2)11-6-3-8(7-10(11)13)12(16)14-9-4-5-9;/h3,6-7,9H,4-5,13H2,1-2H3,(H,14,16);1H. The summed E-state index contributed by atoms with van der Waals surface area (Å²) in [5.41, 5.74) is 8.09. The molecular weight excluding hydrogens is 238 g/mol. The molecule has 0 aromatic heterocycles. The van der Waals surface area contributed by atoms with Crippen molar-refractivity contribution in [3.05, 3.63) is 23.8 Å². The minimum absolute atomic E-state index is 0. The van der Waals surface area contributed by atoms with Crippen LogP contribution in [0.25, 0.3) is 0 Å². The molecule has 1 aliphatic rings. The zero-order valence-corrected chi connectivity index (χ0v) is 10.9. The first kappa shape index (κ1) is 13.6. The Morgan fingerprint density at radius 3 is 2.53 bits per heavy atom. The molecular formula is C12H18ClN3O. The van der Waals surface area contributed by atoms with Crippen LogP contribution in [0.3, 0.4) is 0 Å². The first-order valence-corrected chi connectivity index (χ1v) is 5.45. The van der Waals surface area contributed by atoms with E-state index < -0.39 is 0 Å². The molecule has 0 bridgehead atoms. The molecule has 1 aliphatic carbocycles. The van der Waals surface area contributed by atoms with Gasteiger partial charge in [0.05, 0.1) is 11.4 Å². The average Bonchev–Trinajstić information content (AvgIpc) is 3.00. The number of benzene rings is 1. The summed E-state index contributed by atoms with van der Waals surface area (Å²) in [5.74, 6) is -0.0282. The molecule has 1 fully saturated rings. The van der Waals surface area contributed by atoms with Crippen molar-refractivity contribution in [2.45, 2.75) is 18.9 Å². The number of carbonyl (C=O) groups excluding carboxylic acids is 1. The second kappa shape index (κ2) is 5.27. The Kier molecular flexibility index (Phi) is 4.23. The molecule has 0 spiro atoms. The zero-order valence-electron chi connectivity index (χ0n) is 10.1. The number of hydrogen-bond donors (Lipinski definition) is 2. The summed E-state index contributed by atoms with van der Waals surface area (Å²) >= 11 is 0. The average molecular weight is 256 g/mol. The molecule has 3 N–H and O–H groups in total. The molecule has 1 amide bonds. The predicted molar refractivity (Wildman–Crippen MR) is 72.9 cm³/mol. The summed E-state index contributed by atoms with van der Waals surface area (Å²) < 4.78 is 0. The van der Waals surface area contributed by atoms with Crippen LogP contribution in [0, 0.1) is 0 Å². The van der Waals surface area contributed by atoms with Crippen molar-refractivity contribution in [1.29, 1.82) is 0 Å². The van der Waals surface area contributed by atoms with Gasteiger partial charge >= 0.3 is 0 Å². The van der Waals surface area contributed by atoms with Crippen LogP contribution < -0.4 is 16.0 Å². The Morgan fingerprint density at radius 1 is 1.41 bits per heavy atom. The van der Waals surface area contributed by atoms with Gasteiger partial charge in [-0.1, -0.05) is 0 Å². The van der Waals surface area contributed by atoms with Gasteiger partial charge in [-0.2, -0.15) is 0 Å². The van der Waals surface area contributed by atoms with E-state index in [-0.39, 0.29) is 18.3 Å². The van der Waals surface area contributed by atoms with Gasteiger partial charge in [-0.25, -0.2) is 0 Å². The largest absolute Gasteiger partial charge is 0.397 e. The number of anilines is 2. The fourth-order valence-electron chi connectivity index (χ4n) is 1.60. The predicted octanol–water partition coefficient (Wildman–Crippen LogP) is 1.65. The summed E-state index contributed by atoms with van der Waals surface area (Å²) in [4.78, 5) is 13.7. The number of nitrogen functional groups attached to an aromatic ring is 1. The van der Waals surface area contributed by atoms with Crippen molar-refractivity contribution in [2.75, 3.05) is 24.7 Å². The number of halogens is 1. The van der Waals surface area contributed by atoms with E-state index >= 15 is 0 Å². The molecule has 4 nitrogen and oxygen atoms in total. The van der Waals surface area contributed by atoms with Gasteiger partial charge in [0.15, 0.2) is 0 Å². The number of amides is 1. The minimum Gasteiger partial charge on any atom is -0.397 e. The van der Waals surface area contributed by atoms with Crippen LogP contribution in [0.15, 0.2) is 18.2 Å². The number of carbonyl (C=O) groups is 1. The molecule has 1 aromatic rings. The molecule has 0 aliphatic heterocycles. The highest BCUT2D eigenvalue weighted by Gasteiger charge is 2.23. The summed E-state index contributed by atoms with van der Waals surface area (Å²) in [7, 11) is 3.85. The molecule has 17 heavy (non-hydrogen) atoms. The SMILES string of the molecule is CN(C)c1ccc(C(=O)NC2CC2)cc1N.Cl. The normalized spacial score (nSPS) is 13.8. The second-order valence-corrected chi connectivity index (χ2v) is 4.42. The van der Waals surface area contributed by atoms with Crippen LogP contribution in [0.2, 0.25) is 0 Å². The Hall–Kier alpha value is -1.42. The van der Waals surface area contributed by atoms with Gasteiger partial charge in [-0.3, -0.25) is 4.79 Å². The third-order valence-electron chi connectivity index (χ3n) is 2.68. The molecule has 0 heterocycles. The molecule has 94 valence electrons. The van der Waals surface area contributed by atoms with Crippen LogP contribution >= 0.6 is 12.4 Å². The Labute approximate surface area is 108 Å². The number of nitrogens with one attached hydrogen (secondary N) is 1. The number of nitrogens with two attached hydrogens (primary N) is 1. The molecule has 0 atom stereocenters. The van der Waals surface area contributed by atoms with Crippen molar-refractivity contribution in [1.82, 2.24) is 5.32 Å². The van der Waals surface area contributed by atoms with Gasteiger partial charge in [-0.15, -0.1) is 12.4 Å². The van der Waals surface area contributed by atoms with Crippen LogP contribution in [-0.2, 0) is 0 Å². The lowest BCUT2D eigenvalue weighted by atomic mass is 10.1. The minimum atomic E-state index is -0.0282.